The number of aryl methyl sites for hydroxylation is 1. The van der Waals surface area contributed by atoms with Crippen molar-refractivity contribution in [2.45, 2.75) is 23.4 Å². The number of nitrogens with zero attached hydrogens (tertiary/aromatic N) is 2. The predicted molar refractivity (Wildman–Crippen MR) is 113 cm³/mol. The van der Waals surface area contributed by atoms with Crippen LogP contribution >= 0.6 is 0 Å². The van der Waals surface area contributed by atoms with Gasteiger partial charge in [0.1, 0.15) is 18.0 Å². The highest BCUT2D eigenvalue weighted by atomic mass is 32.2. The number of carbonyl (C=O) groups excluding carboxylic acids is 1. The second-order valence-corrected chi connectivity index (χ2v) is 8.50. The number of benzene rings is 2. The summed E-state index contributed by atoms with van der Waals surface area (Å²) in [4.78, 5) is 24.8. The van der Waals surface area contributed by atoms with Gasteiger partial charge in [-0.05, 0) is 42.8 Å². The molecule has 0 bridgehead atoms. The molecule has 10 heteroatoms. The van der Waals surface area contributed by atoms with E-state index in [-0.39, 0.29) is 9.92 Å². The normalized spacial score (nSPS) is 11.1. The Labute approximate surface area is 179 Å². The minimum atomic E-state index is -3.95. The molecule has 162 valence electrons. The predicted octanol–water partition coefficient (Wildman–Crippen LogP) is 2.04. The fourth-order valence-corrected chi connectivity index (χ4v) is 4.12. The van der Waals surface area contributed by atoms with Crippen molar-refractivity contribution < 1.29 is 22.7 Å². The molecule has 1 N–H and O–H groups in total. The summed E-state index contributed by atoms with van der Waals surface area (Å²) in [5, 5.41) is 6.19. The molecule has 0 atom stereocenters. The lowest BCUT2D eigenvalue weighted by Gasteiger charge is -2.12. The van der Waals surface area contributed by atoms with Gasteiger partial charge in [-0.2, -0.15) is 5.10 Å². The van der Waals surface area contributed by atoms with E-state index in [0.29, 0.717) is 17.2 Å². The van der Waals surface area contributed by atoms with Gasteiger partial charge in [0.25, 0.3) is 5.56 Å². The first-order valence-corrected chi connectivity index (χ1v) is 10.6. The number of aromatic nitrogens is 2. The van der Waals surface area contributed by atoms with Crippen LogP contribution in [0, 0.1) is 6.92 Å². The van der Waals surface area contributed by atoms with Crippen molar-refractivity contribution in [1.29, 1.82) is 0 Å². The Balaban J connectivity index is 1.88. The molecule has 1 aromatic heterocycles. The molecule has 1 heterocycles. The number of ether oxygens (including phenoxy) is 2. The zero-order chi connectivity index (χ0) is 22.6. The van der Waals surface area contributed by atoms with Crippen LogP contribution in [0.15, 0.2) is 69.3 Å². The number of hydrogen-bond donors (Lipinski definition) is 1. The maximum Gasteiger partial charge on any atom is 0.267 e. The van der Waals surface area contributed by atoms with Crippen molar-refractivity contribution >= 4 is 21.4 Å². The molecule has 9 nitrogen and oxygen atoms in total. The van der Waals surface area contributed by atoms with E-state index >= 15 is 0 Å². The Bertz CT molecular complexity index is 1280. The van der Waals surface area contributed by atoms with E-state index in [1.807, 2.05) is 0 Å². The summed E-state index contributed by atoms with van der Waals surface area (Å²) in [6, 6.07) is 13.4. The molecule has 3 rings (SSSR count). The van der Waals surface area contributed by atoms with E-state index in [1.54, 1.807) is 37.3 Å². The highest BCUT2D eigenvalue weighted by molar-refractivity contribution is 7.91. The third-order valence-corrected chi connectivity index (χ3v) is 6.03. The second-order valence-electron chi connectivity index (χ2n) is 6.60. The third-order valence-electron chi connectivity index (χ3n) is 4.39. The molecule has 1 amide bonds. The average molecular weight is 443 g/mol. The second kappa shape index (κ2) is 9.00. The van der Waals surface area contributed by atoms with Crippen molar-refractivity contribution in [3.8, 4) is 11.5 Å². The van der Waals surface area contributed by atoms with Crippen molar-refractivity contribution in [1.82, 2.24) is 9.78 Å². The Morgan fingerprint density at radius 1 is 1.06 bits per heavy atom. The van der Waals surface area contributed by atoms with Crippen molar-refractivity contribution in [3.05, 3.63) is 70.5 Å². The molecule has 0 aliphatic rings. The van der Waals surface area contributed by atoms with Gasteiger partial charge in [0.05, 0.1) is 24.8 Å². The van der Waals surface area contributed by atoms with Crippen LogP contribution in [0.4, 0.5) is 5.69 Å². The van der Waals surface area contributed by atoms with Crippen LogP contribution in [0.25, 0.3) is 0 Å². The van der Waals surface area contributed by atoms with Gasteiger partial charge in [-0.1, -0.05) is 12.1 Å². The van der Waals surface area contributed by atoms with Crippen LogP contribution in [-0.4, -0.2) is 38.3 Å². The molecule has 0 fully saturated rings. The Morgan fingerprint density at radius 2 is 1.84 bits per heavy atom. The molecule has 0 saturated carbocycles. The molecule has 0 aliphatic carbocycles. The van der Waals surface area contributed by atoms with Gasteiger partial charge in [0, 0.05) is 12.1 Å². The van der Waals surface area contributed by atoms with Crippen molar-refractivity contribution in [3.63, 3.8) is 0 Å². The summed E-state index contributed by atoms with van der Waals surface area (Å²) in [6.45, 7) is 1.28. The van der Waals surface area contributed by atoms with Gasteiger partial charge in [-0.15, -0.1) is 0 Å². The number of anilines is 1. The first-order chi connectivity index (χ1) is 14.7. The van der Waals surface area contributed by atoms with Gasteiger partial charge >= 0.3 is 0 Å². The van der Waals surface area contributed by atoms with E-state index in [4.69, 9.17) is 9.47 Å². The first-order valence-electron chi connectivity index (χ1n) is 9.16. The molecule has 2 aromatic carbocycles. The van der Waals surface area contributed by atoms with Crippen LogP contribution in [-0.2, 0) is 21.2 Å². The molecule has 3 aromatic rings. The monoisotopic (exact) mass is 443 g/mol. The molecular weight excluding hydrogens is 422 g/mol. The van der Waals surface area contributed by atoms with E-state index in [2.05, 4.69) is 10.4 Å². The van der Waals surface area contributed by atoms with E-state index in [1.165, 1.54) is 26.4 Å². The lowest BCUT2D eigenvalue weighted by molar-refractivity contribution is -0.117. The number of rotatable bonds is 7. The number of amides is 1. The Kier molecular flexibility index (Phi) is 6.40. The summed E-state index contributed by atoms with van der Waals surface area (Å²) < 4.78 is 36.9. The quantitative estimate of drug-likeness (QED) is 0.594. The van der Waals surface area contributed by atoms with Gasteiger partial charge in [-0.3, -0.25) is 9.59 Å². The fourth-order valence-electron chi connectivity index (χ4n) is 2.83. The summed E-state index contributed by atoms with van der Waals surface area (Å²) in [7, 11) is -1.02. The van der Waals surface area contributed by atoms with Crippen LogP contribution in [0.3, 0.4) is 0 Å². The maximum absolute atomic E-state index is 12.9. The van der Waals surface area contributed by atoms with E-state index in [9.17, 15) is 18.0 Å². The van der Waals surface area contributed by atoms with Gasteiger partial charge < -0.3 is 14.8 Å². The summed E-state index contributed by atoms with van der Waals surface area (Å²) in [5.41, 5.74) is 0.486. The van der Waals surface area contributed by atoms with Crippen molar-refractivity contribution in [2.75, 3.05) is 19.5 Å². The zero-order valence-corrected chi connectivity index (χ0v) is 18.0. The summed E-state index contributed by atoms with van der Waals surface area (Å²) in [5.74, 6) is 0.300. The minimum Gasteiger partial charge on any atom is -0.497 e. The third kappa shape index (κ3) is 4.92. The number of sulfone groups is 1. The number of methoxy groups -OCH3 is 2. The fraction of sp³-hybridized carbons (Fsp3) is 0.190. The van der Waals surface area contributed by atoms with Gasteiger partial charge in [0.2, 0.25) is 15.7 Å². The van der Waals surface area contributed by atoms with E-state index < -0.39 is 27.8 Å². The number of hydrogen-bond acceptors (Lipinski definition) is 7. The minimum absolute atomic E-state index is 0.0516. The van der Waals surface area contributed by atoms with Crippen LogP contribution in [0.5, 0.6) is 11.5 Å². The SMILES string of the molecule is COc1ccc(OC)c(NC(=O)Cn2nc(S(=O)(=O)c3cccc(C)c3)ccc2=O)c1. The Hall–Kier alpha value is -3.66. The highest BCUT2D eigenvalue weighted by Crippen LogP contribution is 2.28. The van der Waals surface area contributed by atoms with Crippen LogP contribution < -0.4 is 20.3 Å². The lowest BCUT2D eigenvalue weighted by Crippen LogP contribution is -2.30. The Morgan fingerprint density at radius 3 is 2.52 bits per heavy atom. The molecular formula is C21H21N3O6S. The number of carbonyl (C=O) groups is 1. The maximum atomic E-state index is 12.9. The van der Waals surface area contributed by atoms with Crippen molar-refractivity contribution in [2.24, 2.45) is 0 Å². The largest absolute Gasteiger partial charge is 0.497 e. The molecule has 31 heavy (non-hydrogen) atoms. The standard InChI is InChI=1S/C21H21N3O6S/c1-14-5-4-6-16(11-14)31(27,28)20-9-10-21(26)24(23-20)13-19(25)22-17-12-15(29-2)7-8-18(17)30-3/h4-12H,13H2,1-3H3,(H,22,25). The molecule has 0 radical (unpaired) electrons. The van der Waals surface area contributed by atoms with Gasteiger partial charge in [-0.25, -0.2) is 13.1 Å². The topological polar surface area (TPSA) is 117 Å². The summed E-state index contributed by atoms with van der Waals surface area (Å²) >= 11 is 0. The lowest BCUT2D eigenvalue weighted by atomic mass is 10.2. The van der Waals surface area contributed by atoms with Crippen LogP contribution in [0.2, 0.25) is 0 Å². The molecule has 0 saturated heterocycles. The average Bonchev–Trinajstić information content (AvgIpc) is 2.75. The molecule has 0 aliphatic heterocycles. The number of nitrogens with one attached hydrogen (secondary N) is 1. The molecule has 0 spiro atoms. The summed E-state index contributed by atoms with van der Waals surface area (Å²) in [6.07, 6.45) is 0. The highest BCUT2D eigenvalue weighted by Gasteiger charge is 2.21. The van der Waals surface area contributed by atoms with Crippen LogP contribution in [0.1, 0.15) is 5.56 Å². The smallest absolute Gasteiger partial charge is 0.267 e. The van der Waals surface area contributed by atoms with Gasteiger partial charge in [0.15, 0.2) is 5.03 Å². The molecule has 0 unspecified atom stereocenters. The first kappa shape index (κ1) is 22.0. The zero-order valence-electron chi connectivity index (χ0n) is 17.2. The van der Waals surface area contributed by atoms with E-state index in [0.717, 1.165) is 22.4 Å².